The van der Waals surface area contributed by atoms with E-state index in [2.05, 4.69) is 11.4 Å². The standard InChI is InChI=1S/C11H15N3O3S/c12-6-7-2-1-3-9-14(7)10(15)8(4-5-18-9)13-11(16)17/h7-9,13H,1-5H2,(H,16,17)/t7?,8?,9-/m0/s1. The van der Waals surface area contributed by atoms with Gasteiger partial charge in [0.1, 0.15) is 12.1 Å². The average molecular weight is 269 g/mol. The molecule has 2 N–H and O–H groups in total. The Labute approximate surface area is 109 Å². The Balaban J connectivity index is 2.19. The Morgan fingerprint density at radius 3 is 2.94 bits per heavy atom. The van der Waals surface area contributed by atoms with E-state index in [-0.39, 0.29) is 11.3 Å². The zero-order valence-corrected chi connectivity index (χ0v) is 10.7. The molecule has 0 aromatic heterocycles. The van der Waals surface area contributed by atoms with Gasteiger partial charge in [0.2, 0.25) is 5.91 Å². The predicted molar refractivity (Wildman–Crippen MR) is 65.9 cm³/mol. The van der Waals surface area contributed by atoms with E-state index in [4.69, 9.17) is 10.4 Å². The van der Waals surface area contributed by atoms with Gasteiger partial charge < -0.3 is 15.3 Å². The highest BCUT2D eigenvalue weighted by molar-refractivity contribution is 7.99. The molecular weight excluding hydrogens is 254 g/mol. The molecule has 7 heteroatoms. The van der Waals surface area contributed by atoms with Gasteiger partial charge in [-0.2, -0.15) is 5.26 Å². The van der Waals surface area contributed by atoms with E-state index in [0.29, 0.717) is 12.8 Å². The second-order valence-electron chi connectivity index (χ2n) is 4.44. The van der Waals surface area contributed by atoms with E-state index < -0.39 is 18.2 Å². The lowest BCUT2D eigenvalue weighted by Gasteiger charge is -2.38. The van der Waals surface area contributed by atoms with Crippen LogP contribution in [0.25, 0.3) is 0 Å². The first-order valence-electron chi connectivity index (χ1n) is 5.96. The molecule has 2 heterocycles. The summed E-state index contributed by atoms with van der Waals surface area (Å²) >= 11 is 1.64. The van der Waals surface area contributed by atoms with Crippen molar-refractivity contribution in [3.63, 3.8) is 0 Å². The number of piperidine rings is 1. The summed E-state index contributed by atoms with van der Waals surface area (Å²) in [5, 5.41) is 20.1. The fourth-order valence-electron chi connectivity index (χ4n) is 2.46. The normalized spacial score (nSPS) is 32.1. The summed E-state index contributed by atoms with van der Waals surface area (Å²) in [6.45, 7) is 0. The molecule has 0 bridgehead atoms. The fraction of sp³-hybridized carbons (Fsp3) is 0.727. The van der Waals surface area contributed by atoms with Crippen LogP contribution in [0, 0.1) is 11.3 Å². The maximum absolute atomic E-state index is 12.3. The van der Waals surface area contributed by atoms with Crippen molar-refractivity contribution >= 4 is 23.8 Å². The minimum absolute atomic E-state index is 0.0245. The van der Waals surface area contributed by atoms with E-state index in [9.17, 15) is 9.59 Å². The number of rotatable bonds is 1. The number of carbonyl (C=O) groups is 2. The molecule has 98 valence electrons. The summed E-state index contributed by atoms with van der Waals surface area (Å²) in [5.74, 6) is 0.481. The van der Waals surface area contributed by atoms with Gasteiger partial charge in [0, 0.05) is 0 Å². The SMILES string of the molecule is N#CC1CCC[C@@H]2SCCC(NC(=O)O)C(=O)N12. The van der Waals surface area contributed by atoms with Crippen LogP contribution < -0.4 is 5.32 Å². The number of hydrogen-bond acceptors (Lipinski definition) is 4. The Hall–Kier alpha value is -1.42. The molecule has 2 rings (SSSR count). The molecule has 0 aromatic carbocycles. The lowest BCUT2D eigenvalue weighted by molar-refractivity contribution is -0.136. The summed E-state index contributed by atoms with van der Waals surface area (Å²) in [7, 11) is 0. The van der Waals surface area contributed by atoms with Gasteiger partial charge in [-0.25, -0.2) is 4.79 Å². The molecule has 2 fully saturated rings. The molecule has 2 amide bonds. The molecule has 0 radical (unpaired) electrons. The minimum atomic E-state index is -1.19. The first-order valence-corrected chi connectivity index (χ1v) is 7.01. The van der Waals surface area contributed by atoms with Gasteiger partial charge in [-0.05, 0) is 31.4 Å². The highest BCUT2D eigenvalue weighted by atomic mass is 32.2. The van der Waals surface area contributed by atoms with Crippen LogP contribution in [0.3, 0.4) is 0 Å². The molecule has 0 aliphatic carbocycles. The lowest BCUT2D eigenvalue weighted by Crippen LogP contribution is -2.54. The largest absolute Gasteiger partial charge is 0.465 e. The van der Waals surface area contributed by atoms with Crippen LogP contribution in [0.15, 0.2) is 0 Å². The van der Waals surface area contributed by atoms with Crippen molar-refractivity contribution < 1.29 is 14.7 Å². The monoisotopic (exact) mass is 269 g/mol. The lowest BCUT2D eigenvalue weighted by atomic mass is 10.0. The predicted octanol–water partition coefficient (Wildman–Crippen LogP) is 0.990. The zero-order valence-electron chi connectivity index (χ0n) is 9.83. The second kappa shape index (κ2) is 5.48. The van der Waals surface area contributed by atoms with Crippen molar-refractivity contribution in [3.05, 3.63) is 0 Å². The molecule has 2 aliphatic rings. The smallest absolute Gasteiger partial charge is 0.405 e. The summed E-state index contributed by atoms with van der Waals surface area (Å²) in [5.41, 5.74) is 0. The number of hydrogen-bond donors (Lipinski definition) is 2. The molecule has 18 heavy (non-hydrogen) atoms. The van der Waals surface area contributed by atoms with Gasteiger partial charge in [0.15, 0.2) is 0 Å². The van der Waals surface area contributed by atoms with Gasteiger partial charge in [0.05, 0.1) is 11.4 Å². The van der Waals surface area contributed by atoms with E-state index in [1.54, 1.807) is 16.7 Å². The van der Waals surface area contributed by atoms with Crippen LogP contribution in [0.1, 0.15) is 25.7 Å². The van der Waals surface area contributed by atoms with E-state index in [1.807, 2.05) is 0 Å². The number of thioether (sulfide) groups is 1. The van der Waals surface area contributed by atoms with Gasteiger partial charge in [-0.15, -0.1) is 11.8 Å². The van der Waals surface area contributed by atoms with Crippen molar-refractivity contribution in [3.8, 4) is 6.07 Å². The number of carbonyl (C=O) groups excluding carboxylic acids is 1. The Morgan fingerprint density at radius 2 is 2.28 bits per heavy atom. The fourth-order valence-corrected chi connectivity index (χ4v) is 3.85. The molecule has 6 nitrogen and oxygen atoms in total. The molecule has 0 saturated carbocycles. The third kappa shape index (κ3) is 2.53. The van der Waals surface area contributed by atoms with Crippen molar-refractivity contribution in [1.82, 2.24) is 10.2 Å². The third-order valence-electron chi connectivity index (χ3n) is 3.29. The van der Waals surface area contributed by atoms with Crippen LogP contribution in [0.4, 0.5) is 4.79 Å². The molecule has 0 spiro atoms. The summed E-state index contributed by atoms with van der Waals surface area (Å²) < 4.78 is 0. The number of nitrogens with zero attached hydrogens (tertiary/aromatic N) is 2. The molecule has 2 aliphatic heterocycles. The topological polar surface area (TPSA) is 93.4 Å². The number of carboxylic acid groups (broad SMARTS) is 1. The van der Waals surface area contributed by atoms with Crippen LogP contribution in [-0.2, 0) is 4.79 Å². The van der Waals surface area contributed by atoms with Crippen molar-refractivity contribution in [1.29, 1.82) is 5.26 Å². The van der Waals surface area contributed by atoms with E-state index >= 15 is 0 Å². The number of nitrogens with one attached hydrogen (secondary N) is 1. The summed E-state index contributed by atoms with van der Waals surface area (Å²) in [6.07, 6.45) is 1.80. The molecular formula is C11H15N3O3S. The van der Waals surface area contributed by atoms with Gasteiger partial charge in [-0.1, -0.05) is 0 Å². The Kier molecular flexibility index (Phi) is 3.97. The maximum atomic E-state index is 12.3. The quantitative estimate of drug-likeness (QED) is 0.740. The number of nitriles is 1. The highest BCUT2D eigenvalue weighted by Gasteiger charge is 2.40. The molecule has 2 unspecified atom stereocenters. The second-order valence-corrected chi connectivity index (χ2v) is 5.72. The van der Waals surface area contributed by atoms with Crippen molar-refractivity contribution in [2.24, 2.45) is 0 Å². The molecule has 2 saturated heterocycles. The first-order chi connectivity index (χ1) is 8.63. The number of amides is 2. The van der Waals surface area contributed by atoms with Crippen molar-refractivity contribution in [2.75, 3.05) is 5.75 Å². The minimum Gasteiger partial charge on any atom is -0.465 e. The third-order valence-corrected chi connectivity index (χ3v) is 4.61. The van der Waals surface area contributed by atoms with Crippen LogP contribution >= 0.6 is 11.8 Å². The van der Waals surface area contributed by atoms with Gasteiger partial charge >= 0.3 is 6.09 Å². The maximum Gasteiger partial charge on any atom is 0.405 e. The summed E-state index contributed by atoms with van der Waals surface area (Å²) in [4.78, 5) is 24.6. The first kappa shape index (κ1) is 13.0. The van der Waals surface area contributed by atoms with Crippen molar-refractivity contribution in [2.45, 2.75) is 43.1 Å². The van der Waals surface area contributed by atoms with Crippen LogP contribution in [-0.4, -0.2) is 45.2 Å². The van der Waals surface area contributed by atoms with E-state index in [0.717, 1.165) is 18.6 Å². The van der Waals surface area contributed by atoms with Gasteiger partial charge in [0.25, 0.3) is 0 Å². The molecule has 3 atom stereocenters. The zero-order chi connectivity index (χ0) is 13.1. The van der Waals surface area contributed by atoms with Crippen LogP contribution in [0.2, 0.25) is 0 Å². The van der Waals surface area contributed by atoms with Crippen LogP contribution in [0.5, 0.6) is 0 Å². The van der Waals surface area contributed by atoms with Gasteiger partial charge in [-0.3, -0.25) is 4.79 Å². The number of fused-ring (bicyclic) bond motifs is 1. The summed E-state index contributed by atoms with van der Waals surface area (Å²) in [6, 6.07) is 1.02. The Bertz CT molecular complexity index is 395. The molecule has 0 aromatic rings. The van der Waals surface area contributed by atoms with E-state index in [1.165, 1.54) is 0 Å². The highest BCUT2D eigenvalue weighted by Crippen LogP contribution is 2.33. The average Bonchev–Trinajstić information content (AvgIpc) is 2.49. The Morgan fingerprint density at radius 1 is 1.50 bits per heavy atom.